The van der Waals surface area contributed by atoms with E-state index in [1.165, 1.54) is 0 Å². The van der Waals surface area contributed by atoms with Crippen molar-refractivity contribution in [3.8, 4) is 5.75 Å². The van der Waals surface area contributed by atoms with Crippen molar-refractivity contribution in [1.29, 1.82) is 0 Å². The van der Waals surface area contributed by atoms with Crippen LogP contribution in [0.2, 0.25) is 0 Å². The summed E-state index contributed by atoms with van der Waals surface area (Å²) >= 11 is 3.48. The average molecular weight is 411 g/mol. The summed E-state index contributed by atoms with van der Waals surface area (Å²) in [5.41, 5.74) is 1.97. The number of imidazole rings is 1. The largest absolute Gasteiger partial charge is 0.491 e. The molecular weight excluding hydrogens is 392 g/mol. The van der Waals surface area contributed by atoms with Gasteiger partial charge in [0.15, 0.2) is 0 Å². The smallest absolute Gasteiger partial charge is 0.120 e. The molecule has 0 saturated heterocycles. The highest BCUT2D eigenvalue weighted by molar-refractivity contribution is 9.10. The Morgan fingerprint density at radius 1 is 1.08 bits per heavy atom. The van der Waals surface area contributed by atoms with Crippen LogP contribution in [0, 0.1) is 6.92 Å². The van der Waals surface area contributed by atoms with Crippen LogP contribution in [0.25, 0.3) is 21.8 Å². The molecule has 1 atom stereocenters. The molecule has 1 unspecified atom stereocenters. The van der Waals surface area contributed by atoms with E-state index in [0.717, 1.165) is 37.9 Å². The van der Waals surface area contributed by atoms with Gasteiger partial charge in [0.2, 0.25) is 0 Å². The monoisotopic (exact) mass is 410 g/mol. The van der Waals surface area contributed by atoms with Gasteiger partial charge in [-0.25, -0.2) is 4.98 Å². The van der Waals surface area contributed by atoms with Gasteiger partial charge in [0.05, 0.1) is 17.6 Å². The Morgan fingerprint density at radius 3 is 2.73 bits per heavy atom. The van der Waals surface area contributed by atoms with Crippen molar-refractivity contribution in [3.63, 3.8) is 0 Å². The van der Waals surface area contributed by atoms with Crippen LogP contribution in [-0.4, -0.2) is 27.4 Å². The predicted molar refractivity (Wildman–Crippen MR) is 108 cm³/mol. The Kier molecular flexibility index (Phi) is 4.66. The molecule has 5 heteroatoms. The van der Waals surface area contributed by atoms with E-state index in [2.05, 4.69) is 27.0 Å². The fraction of sp³-hybridized carbons (Fsp3) is 0.190. The standard InChI is InChI=1S/C21H19BrN2O2/c1-14-23-20-4-2-3-5-21(20)24(14)12-18(25)13-26-19-9-7-15-10-17(22)8-6-16(15)11-19/h2-11,18,25H,12-13H2,1H3. The zero-order chi connectivity index (χ0) is 18.1. The van der Waals surface area contributed by atoms with E-state index >= 15 is 0 Å². The van der Waals surface area contributed by atoms with Crippen molar-refractivity contribution in [2.75, 3.05) is 6.61 Å². The molecule has 4 rings (SSSR count). The van der Waals surface area contributed by atoms with Crippen LogP contribution in [0.15, 0.2) is 65.1 Å². The number of aryl methyl sites for hydroxylation is 1. The zero-order valence-electron chi connectivity index (χ0n) is 14.4. The number of aliphatic hydroxyl groups is 1. The maximum absolute atomic E-state index is 10.4. The number of nitrogens with zero attached hydrogens (tertiary/aromatic N) is 2. The molecule has 0 amide bonds. The van der Waals surface area contributed by atoms with E-state index in [9.17, 15) is 5.11 Å². The molecule has 0 aliphatic carbocycles. The predicted octanol–water partition coefficient (Wildman–Crippen LogP) is 4.70. The van der Waals surface area contributed by atoms with Gasteiger partial charge in [-0.15, -0.1) is 0 Å². The number of para-hydroxylation sites is 2. The van der Waals surface area contributed by atoms with Crippen LogP contribution in [0.1, 0.15) is 5.82 Å². The van der Waals surface area contributed by atoms with Crippen molar-refractivity contribution in [2.24, 2.45) is 0 Å². The molecule has 3 aromatic carbocycles. The second kappa shape index (κ2) is 7.09. The van der Waals surface area contributed by atoms with Crippen molar-refractivity contribution in [3.05, 3.63) is 71.0 Å². The fourth-order valence-electron chi connectivity index (χ4n) is 3.17. The zero-order valence-corrected chi connectivity index (χ0v) is 16.0. The maximum Gasteiger partial charge on any atom is 0.120 e. The molecule has 4 nitrogen and oxygen atoms in total. The van der Waals surface area contributed by atoms with E-state index < -0.39 is 6.10 Å². The highest BCUT2D eigenvalue weighted by Gasteiger charge is 2.12. The number of ether oxygens (including phenoxy) is 1. The number of aliphatic hydroxyl groups excluding tert-OH is 1. The summed E-state index contributed by atoms with van der Waals surface area (Å²) in [5.74, 6) is 1.65. The topological polar surface area (TPSA) is 47.3 Å². The Labute approximate surface area is 160 Å². The summed E-state index contributed by atoms with van der Waals surface area (Å²) in [6.07, 6.45) is -0.619. The van der Waals surface area contributed by atoms with Gasteiger partial charge >= 0.3 is 0 Å². The molecule has 0 bridgehead atoms. The lowest BCUT2D eigenvalue weighted by Crippen LogP contribution is -2.24. The lowest BCUT2D eigenvalue weighted by atomic mass is 10.1. The third-order valence-corrected chi connectivity index (χ3v) is 4.95. The van der Waals surface area contributed by atoms with E-state index in [4.69, 9.17) is 4.74 Å². The third kappa shape index (κ3) is 3.45. The van der Waals surface area contributed by atoms with E-state index in [1.807, 2.05) is 66.1 Å². The second-order valence-corrected chi connectivity index (χ2v) is 7.29. The molecule has 0 fully saturated rings. The lowest BCUT2D eigenvalue weighted by molar-refractivity contribution is 0.0930. The van der Waals surface area contributed by atoms with Crippen molar-refractivity contribution >= 4 is 37.7 Å². The van der Waals surface area contributed by atoms with Crippen molar-refractivity contribution < 1.29 is 9.84 Å². The van der Waals surface area contributed by atoms with E-state index in [-0.39, 0.29) is 6.61 Å². The summed E-state index contributed by atoms with van der Waals surface area (Å²) < 4.78 is 8.89. The third-order valence-electron chi connectivity index (χ3n) is 4.45. The average Bonchev–Trinajstić information content (AvgIpc) is 2.95. The summed E-state index contributed by atoms with van der Waals surface area (Å²) in [6.45, 7) is 2.63. The maximum atomic E-state index is 10.4. The minimum Gasteiger partial charge on any atom is -0.491 e. The molecule has 0 radical (unpaired) electrons. The van der Waals surface area contributed by atoms with Gasteiger partial charge in [-0.05, 0) is 54.1 Å². The van der Waals surface area contributed by atoms with Gasteiger partial charge in [-0.1, -0.05) is 40.2 Å². The van der Waals surface area contributed by atoms with Gasteiger partial charge in [-0.2, -0.15) is 0 Å². The minimum atomic E-state index is -0.619. The molecule has 0 saturated carbocycles. The summed E-state index contributed by atoms with van der Waals surface area (Å²) in [7, 11) is 0. The number of aromatic nitrogens is 2. The first-order valence-electron chi connectivity index (χ1n) is 8.52. The normalized spacial score (nSPS) is 12.6. The summed E-state index contributed by atoms with van der Waals surface area (Å²) in [6, 6.07) is 20.0. The SMILES string of the molecule is Cc1nc2ccccc2n1CC(O)COc1ccc2cc(Br)ccc2c1. The second-order valence-electron chi connectivity index (χ2n) is 6.38. The first kappa shape index (κ1) is 17.1. The molecule has 4 aromatic rings. The first-order valence-corrected chi connectivity index (χ1v) is 9.31. The van der Waals surface area contributed by atoms with Crippen molar-refractivity contribution in [2.45, 2.75) is 19.6 Å². The number of hydrogen-bond acceptors (Lipinski definition) is 3. The van der Waals surface area contributed by atoms with Crippen LogP contribution >= 0.6 is 15.9 Å². The number of fused-ring (bicyclic) bond motifs is 2. The number of benzene rings is 3. The van der Waals surface area contributed by atoms with Crippen molar-refractivity contribution in [1.82, 2.24) is 9.55 Å². The van der Waals surface area contributed by atoms with E-state index in [0.29, 0.717) is 6.54 Å². The molecule has 132 valence electrons. The summed E-state index contributed by atoms with van der Waals surface area (Å²) in [4.78, 5) is 4.53. The van der Waals surface area contributed by atoms with Gasteiger partial charge < -0.3 is 14.4 Å². The van der Waals surface area contributed by atoms with Gasteiger partial charge in [0.25, 0.3) is 0 Å². The van der Waals surface area contributed by atoms with Crippen LogP contribution in [0.5, 0.6) is 5.75 Å². The fourth-order valence-corrected chi connectivity index (χ4v) is 3.55. The Morgan fingerprint density at radius 2 is 1.85 bits per heavy atom. The Bertz CT molecular complexity index is 1070. The van der Waals surface area contributed by atoms with Crippen LogP contribution in [0.3, 0.4) is 0 Å². The van der Waals surface area contributed by atoms with Crippen LogP contribution < -0.4 is 4.74 Å². The molecule has 1 heterocycles. The van der Waals surface area contributed by atoms with Crippen LogP contribution in [0.4, 0.5) is 0 Å². The molecule has 1 N–H and O–H groups in total. The number of hydrogen-bond donors (Lipinski definition) is 1. The molecule has 0 spiro atoms. The quantitative estimate of drug-likeness (QED) is 0.518. The number of rotatable bonds is 5. The van der Waals surface area contributed by atoms with E-state index in [1.54, 1.807) is 0 Å². The van der Waals surface area contributed by atoms with Crippen LogP contribution in [-0.2, 0) is 6.54 Å². The number of halogens is 1. The Balaban J connectivity index is 1.46. The van der Waals surface area contributed by atoms with Gasteiger partial charge in [-0.3, -0.25) is 0 Å². The first-order chi connectivity index (χ1) is 12.6. The Hall–Kier alpha value is -2.37. The highest BCUT2D eigenvalue weighted by Crippen LogP contribution is 2.24. The molecule has 26 heavy (non-hydrogen) atoms. The molecule has 1 aromatic heterocycles. The molecular formula is C21H19BrN2O2. The lowest BCUT2D eigenvalue weighted by Gasteiger charge is -2.15. The minimum absolute atomic E-state index is 0.230. The molecule has 0 aliphatic rings. The summed E-state index contributed by atoms with van der Waals surface area (Å²) in [5, 5.41) is 12.7. The molecule has 0 aliphatic heterocycles. The highest BCUT2D eigenvalue weighted by atomic mass is 79.9. The van der Waals surface area contributed by atoms with Gasteiger partial charge in [0.1, 0.15) is 24.3 Å². The van der Waals surface area contributed by atoms with Gasteiger partial charge in [0, 0.05) is 4.47 Å².